The summed E-state index contributed by atoms with van der Waals surface area (Å²) in [6, 6.07) is 23.5. The molecule has 3 aromatic carbocycles. The number of ether oxygens (including phenoxy) is 1. The van der Waals surface area contributed by atoms with Gasteiger partial charge in [0.2, 0.25) is 0 Å². The second kappa shape index (κ2) is 10.8. The molecule has 0 amide bonds. The van der Waals surface area contributed by atoms with E-state index in [0.717, 1.165) is 10.9 Å². The molecule has 0 aliphatic heterocycles. The standard InChI is InChI=1S/C28H20Cl2N2O4S/c1-17(26(33)35-16-18-7-3-2-4-8-18)37-28-31-23(15-32(28)24-12-11-20(29)14-22(24)30)21-13-19-9-5-6-10-25(19)36-27(21)34/h2-15,17H,16H2,1H3. The second-order valence-electron chi connectivity index (χ2n) is 8.21. The maximum atomic E-state index is 12.8. The van der Waals surface area contributed by atoms with Crippen LogP contribution in [0.3, 0.4) is 0 Å². The second-order valence-corrected chi connectivity index (χ2v) is 10.4. The smallest absolute Gasteiger partial charge is 0.345 e. The summed E-state index contributed by atoms with van der Waals surface area (Å²) in [5.41, 5.74) is 2.15. The lowest BCUT2D eigenvalue weighted by Crippen LogP contribution is -2.17. The van der Waals surface area contributed by atoms with Crippen molar-refractivity contribution in [2.45, 2.75) is 23.9 Å². The number of imidazole rings is 1. The Morgan fingerprint density at radius 3 is 2.59 bits per heavy atom. The van der Waals surface area contributed by atoms with E-state index < -0.39 is 16.8 Å². The van der Waals surface area contributed by atoms with E-state index in [1.807, 2.05) is 42.5 Å². The molecule has 0 aliphatic rings. The maximum Gasteiger partial charge on any atom is 0.345 e. The topological polar surface area (TPSA) is 74.3 Å². The Balaban J connectivity index is 1.50. The number of carbonyl (C=O) groups excluding carboxylic acids is 1. The summed E-state index contributed by atoms with van der Waals surface area (Å²) >= 11 is 13.8. The van der Waals surface area contributed by atoms with Gasteiger partial charge in [-0.1, -0.05) is 83.5 Å². The molecule has 0 spiro atoms. The average Bonchev–Trinajstić information content (AvgIpc) is 3.30. The van der Waals surface area contributed by atoms with Gasteiger partial charge in [0.05, 0.1) is 22.0 Å². The van der Waals surface area contributed by atoms with Crippen molar-refractivity contribution in [3.05, 3.63) is 111 Å². The van der Waals surface area contributed by atoms with Crippen LogP contribution in [0.4, 0.5) is 0 Å². The van der Waals surface area contributed by atoms with E-state index in [2.05, 4.69) is 0 Å². The van der Waals surface area contributed by atoms with E-state index >= 15 is 0 Å². The number of esters is 1. The summed E-state index contributed by atoms with van der Waals surface area (Å²) in [5, 5.41) is 1.51. The van der Waals surface area contributed by atoms with Crippen molar-refractivity contribution < 1.29 is 13.9 Å². The third-order valence-electron chi connectivity index (χ3n) is 5.60. The van der Waals surface area contributed by atoms with Crippen molar-refractivity contribution in [3.63, 3.8) is 0 Å². The highest BCUT2D eigenvalue weighted by Gasteiger charge is 2.23. The minimum atomic E-state index is -0.586. The van der Waals surface area contributed by atoms with Gasteiger partial charge in [-0.2, -0.15) is 0 Å². The average molecular weight is 551 g/mol. The number of carbonyl (C=O) groups is 1. The molecular formula is C28H20Cl2N2O4S. The van der Waals surface area contributed by atoms with Crippen molar-refractivity contribution in [2.75, 3.05) is 0 Å². The molecule has 2 heterocycles. The van der Waals surface area contributed by atoms with Crippen LogP contribution in [0, 0.1) is 0 Å². The van der Waals surface area contributed by atoms with Crippen LogP contribution in [0.5, 0.6) is 0 Å². The third kappa shape index (κ3) is 5.59. The zero-order valence-corrected chi connectivity index (χ0v) is 21.9. The van der Waals surface area contributed by atoms with Crippen LogP contribution in [0.1, 0.15) is 12.5 Å². The molecule has 5 rings (SSSR count). The zero-order valence-electron chi connectivity index (χ0n) is 19.6. The number of halogens is 2. The summed E-state index contributed by atoms with van der Waals surface area (Å²) in [6.45, 7) is 1.91. The predicted octanol–water partition coefficient (Wildman–Crippen LogP) is 7.18. The minimum absolute atomic E-state index is 0.172. The number of thioether (sulfide) groups is 1. The van der Waals surface area contributed by atoms with Crippen LogP contribution in [-0.4, -0.2) is 20.8 Å². The van der Waals surface area contributed by atoms with Gasteiger partial charge in [-0.15, -0.1) is 0 Å². The molecule has 0 N–H and O–H groups in total. The van der Waals surface area contributed by atoms with Crippen LogP contribution >= 0.6 is 35.0 Å². The van der Waals surface area contributed by atoms with Gasteiger partial charge in [0.1, 0.15) is 17.4 Å². The first-order valence-corrected chi connectivity index (χ1v) is 13.0. The predicted molar refractivity (Wildman–Crippen MR) is 147 cm³/mol. The lowest BCUT2D eigenvalue weighted by molar-refractivity contribution is -0.143. The molecule has 0 radical (unpaired) electrons. The fourth-order valence-electron chi connectivity index (χ4n) is 3.72. The van der Waals surface area contributed by atoms with Crippen LogP contribution in [-0.2, 0) is 16.1 Å². The molecule has 9 heteroatoms. The first kappa shape index (κ1) is 25.1. The lowest BCUT2D eigenvalue weighted by atomic mass is 10.1. The monoisotopic (exact) mass is 550 g/mol. The van der Waals surface area contributed by atoms with E-state index in [1.54, 1.807) is 54.1 Å². The van der Waals surface area contributed by atoms with Crippen LogP contribution in [0.2, 0.25) is 10.0 Å². The maximum absolute atomic E-state index is 12.8. The first-order valence-electron chi connectivity index (χ1n) is 11.3. The van der Waals surface area contributed by atoms with Gasteiger partial charge in [0.25, 0.3) is 0 Å². The SMILES string of the molecule is CC(Sc1nc(-c2cc3ccccc3oc2=O)cn1-c1ccc(Cl)cc1Cl)C(=O)OCc1ccccc1. The molecule has 186 valence electrons. The number of fused-ring (bicyclic) bond motifs is 1. The minimum Gasteiger partial charge on any atom is -0.460 e. The van der Waals surface area contributed by atoms with Gasteiger partial charge in [0.15, 0.2) is 5.16 Å². The number of aromatic nitrogens is 2. The molecule has 0 bridgehead atoms. The molecular weight excluding hydrogens is 531 g/mol. The van der Waals surface area contributed by atoms with Crippen LogP contribution in [0.15, 0.2) is 99.4 Å². The fourth-order valence-corrected chi connectivity index (χ4v) is 5.11. The molecule has 0 aliphatic carbocycles. The van der Waals surface area contributed by atoms with E-state index in [4.69, 9.17) is 37.3 Å². The Morgan fingerprint density at radius 2 is 1.81 bits per heavy atom. The van der Waals surface area contributed by atoms with Crippen molar-refractivity contribution in [2.24, 2.45) is 0 Å². The van der Waals surface area contributed by atoms with E-state index in [-0.39, 0.29) is 6.61 Å². The number of hydrogen-bond donors (Lipinski definition) is 0. The molecule has 5 aromatic rings. The quantitative estimate of drug-likeness (QED) is 0.121. The lowest BCUT2D eigenvalue weighted by Gasteiger charge is -2.13. The summed E-state index contributed by atoms with van der Waals surface area (Å²) in [5.74, 6) is -0.391. The molecule has 1 unspecified atom stereocenters. The molecule has 1 atom stereocenters. The molecule has 37 heavy (non-hydrogen) atoms. The summed E-state index contributed by atoms with van der Waals surface area (Å²) < 4.78 is 12.7. The Morgan fingerprint density at radius 1 is 1.05 bits per heavy atom. The van der Waals surface area contributed by atoms with Gasteiger partial charge in [-0.3, -0.25) is 9.36 Å². The van der Waals surface area contributed by atoms with E-state index in [9.17, 15) is 9.59 Å². The Labute approximate surface area is 226 Å². The first-order chi connectivity index (χ1) is 17.9. The Hall–Kier alpha value is -3.52. The number of hydrogen-bond acceptors (Lipinski definition) is 6. The van der Waals surface area contributed by atoms with Crippen molar-refractivity contribution in [3.8, 4) is 16.9 Å². The van der Waals surface area contributed by atoms with Gasteiger partial charge in [-0.05, 0) is 42.8 Å². The summed E-state index contributed by atoms with van der Waals surface area (Å²) in [4.78, 5) is 30.3. The summed E-state index contributed by atoms with van der Waals surface area (Å²) in [6.07, 6.45) is 1.69. The van der Waals surface area contributed by atoms with Crippen molar-refractivity contribution in [1.82, 2.24) is 9.55 Å². The number of benzene rings is 3. The van der Waals surface area contributed by atoms with Crippen LogP contribution < -0.4 is 5.63 Å². The summed E-state index contributed by atoms with van der Waals surface area (Å²) in [7, 11) is 0. The molecule has 2 aromatic heterocycles. The number of nitrogens with zero attached hydrogens (tertiary/aromatic N) is 2. The van der Waals surface area contributed by atoms with Gasteiger partial charge in [0, 0.05) is 16.6 Å². The molecule has 0 saturated carbocycles. The number of rotatable bonds is 7. The zero-order chi connectivity index (χ0) is 25.9. The highest BCUT2D eigenvalue weighted by atomic mass is 35.5. The molecule has 0 fully saturated rings. The Bertz CT molecular complexity index is 1650. The van der Waals surface area contributed by atoms with Crippen molar-refractivity contribution in [1.29, 1.82) is 0 Å². The van der Waals surface area contributed by atoms with Gasteiger partial charge < -0.3 is 9.15 Å². The van der Waals surface area contributed by atoms with Gasteiger partial charge >= 0.3 is 11.6 Å². The third-order valence-corrected chi connectivity index (χ3v) is 7.18. The largest absolute Gasteiger partial charge is 0.460 e. The fraction of sp³-hybridized carbons (Fsp3) is 0.107. The van der Waals surface area contributed by atoms with E-state index in [0.29, 0.717) is 37.7 Å². The van der Waals surface area contributed by atoms with Crippen LogP contribution in [0.25, 0.3) is 27.9 Å². The molecule has 6 nitrogen and oxygen atoms in total. The van der Waals surface area contributed by atoms with Crippen molar-refractivity contribution >= 4 is 51.9 Å². The van der Waals surface area contributed by atoms with E-state index in [1.165, 1.54) is 11.8 Å². The number of para-hydroxylation sites is 1. The molecule has 0 saturated heterocycles. The Kier molecular flexibility index (Phi) is 7.37. The normalized spacial score (nSPS) is 12.0. The van der Waals surface area contributed by atoms with Gasteiger partial charge in [-0.25, -0.2) is 9.78 Å². The highest BCUT2D eigenvalue weighted by Crippen LogP contribution is 2.33. The highest BCUT2D eigenvalue weighted by molar-refractivity contribution is 8.00.